The van der Waals surface area contributed by atoms with E-state index in [1.807, 2.05) is 47.4 Å². The van der Waals surface area contributed by atoms with Gasteiger partial charge in [-0.05, 0) is 19.1 Å². The van der Waals surface area contributed by atoms with E-state index in [0.717, 1.165) is 5.56 Å². The molecule has 2 amide bonds. The first-order valence-corrected chi connectivity index (χ1v) is 10.5. The predicted octanol–water partition coefficient (Wildman–Crippen LogP) is 3.70. The van der Waals surface area contributed by atoms with Crippen LogP contribution in [0.15, 0.2) is 59.1 Å². The number of aryl methyl sites for hydroxylation is 1. The van der Waals surface area contributed by atoms with Crippen LogP contribution in [0.3, 0.4) is 0 Å². The molecule has 31 heavy (non-hydrogen) atoms. The van der Waals surface area contributed by atoms with Gasteiger partial charge in [-0.3, -0.25) is 14.5 Å². The summed E-state index contributed by atoms with van der Waals surface area (Å²) >= 11 is 6.10. The number of carbonyl (C=O) groups is 2. The van der Waals surface area contributed by atoms with E-state index in [0.29, 0.717) is 53.9 Å². The summed E-state index contributed by atoms with van der Waals surface area (Å²) in [4.78, 5) is 29.4. The predicted molar refractivity (Wildman–Crippen MR) is 119 cm³/mol. The van der Waals surface area contributed by atoms with Crippen molar-refractivity contribution in [2.75, 3.05) is 38.0 Å². The molecule has 7 nitrogen and oxygen atoms in total. The Balaban J connectivity index is 1.36. The number of carbonyl (C=O) groups excluding carboxylic acids is 2. The number of para-hydroxylation sites is 1. The van der Waals surface area contributed by atoms with E-state index in [-0.39, 0.29) is 18.4 Å². The maximum absolute atomic E-state index is 13.2. The summed E-state index contributed by atoms with van der Waals surface area (Å²) in [5.41, 5.74) is 2.50. The van der Waals surface area contributed by atoms with Crippen LogP contribution in [-0.4, -0.2) is 59.5 Å². The maximum Gasteiger partial charge on any atom is 0.259 e. The molecule has 4 rings (SSSR count). The first-order valence-electron chi connectivity index (χ1n) is 10.1. The highest BCUT2D eigenvalue weighted by atomic mass is 35.5. The first-order chi connectivity index (χ1) is 15.0. The van der Waals surface area contributed by atoms with Gasteiger partial charge in [0.25, 0.3) is 5.91 Å². The molecule has 1 aromatic heterocycles. The molecule has 1 aliphatic heterocycles. The zero-order valence-corrected chi connectivity index (χ0v) is 17.9. The fraction of sp³-hybridized carbons (Fsp3) is 0.261. The topological polar surface area (TPSA) is 78.7 Å². The molecule has 2 aromatic carbocycles. The van der Waals surface area contributed by atoms with Crippen LogP contribution >= 0.6 is 11.6 Å². The lowest BCUT2D eigenvalue weighted by Gasteiger charge is -2.34. The molecule has 2 heterocycles. The van der Waals surface area contributed by atoms with Crippen LogP contribution in [0, 0.1) is 6.92 Å². The quantitative estimate of drug-likeness (QED) is 0.657. The second kappa shape index (κ2) is 9.32. The van der Waals surface area contributed by atoms with Crippen LogP contribution in [0.2, 0.25) is 5.02 Å². The van der Waals surface area contributed by atoms with Gasteiger partial charge in [-0.1, -0.05) is 59.2 Å². The van der Waals surface area contributed by atoms with Crippen molar-refractivity contribution in [1.82, 2.24) is 15.0 Å². The van der Waals surface area contributed by atoms with Crippen LogP contribution in [0.4, 0.5) is 5.69 Å². The number of piperazine rings is 1. The number of nitrogens with one attached hydrogen (secondary N) is 1. The summed E-state index contributed by atoms with van der Waals surface area (Å²) < 4.78 is 5.33. The zero-order valence-electron chi connectivity index (χ0n) is 17.2. The van der Waals surface area contributed by atoms with E-state index in [4.69, 9.17) is 16.1 Å². The fourth-order valence-corrected chi connectivity index (χ4v) is 3.82. The Morgan fingerprint density at radius 1 is 1.03 bits per heavy atom. The highest BCUT2D eigenvalue weighted by molar-refractivity contribution is 6.33. The van der Waals surface area contributed by atoms with Crippen molar-refractivity contribution < 1.29 is 14.1 Å². The van der Waals surface area contributed by atoms with E-state index in [1.165, 1.54) is 0 Å². The molecule has 0 radical (unpaired) electrons. The van der Waals surface area contributed by atoms with E-state index >= 15 is 0 Å². The van der Waals surface area contributed by atoms with Gasteiger partial charge in [-0.25, -0.2) is 0 Å². The normalized spacial score (nSPS) is 14.5. The van der Waals surface area contributed by atoms with Crippen molar-refractivity contribution >= 4 is 29.1 Å². The minimum absolute atomic E-state index is 0.0993. The van der Waals surface area contributed by atoms with Gasteiger partial charge in [-0.2, -0.15) is 0 Å². The van der Waals surface area contributed by atoms with E-state index in [9.17, 15) is 9.59 Å². The van der Waals surface area contributed by atoms with Crippen molar-refractivity contribution in [3.05, 3.63) is 70.9 Å². The monoisotopic (exact) mass is 438 g/mol. The van der Waals surface area contributed by atoms with Crippen LogP contribution in [0.25, 0.3) is 11.3 Å². The molecule has 0 aliphatic carbocycles. The van der Waals surface area contributed by atoms with Gasteiger partial charge in [0, 0.05) is 31.7 Å². The van der Waals surface area contributed by atoms with Gasteiger partial charge in [0.05, 0.1) is 17.3 Å². The highest BCUT2D eigenvalue weighted by Crippen LogP contribution is 2.26. The summed E-state index contributed by atoms with van der Waals surface area (Å²) in [5, 5.41) is 7.44. The molecule has 1 aliphatic rings. The van der Waals surface area contributed by atoms with Gasteiger partial charge >= 0.3 is 0 Å². The zero-order chi connectivity index (χ0) is 21.8. The number of aromatic nitrogens is 1. The second-order valence-corrected chi connectivity index (χ2v) is 7.83. The summed E-state index contributed by atoms with van der Waals surface area (Å²) in [6.45, 7) is 4.25. The molecule has 0 saturated carbocycles. The Morgan fingerprint density at radius 2 is 1.71 bits per heavy atom. The average Bonchev–Trinajstić information content (AvgIpc) is 3.17. The number of rotatable bonds is 5. The Kier molecular flexibility index (Phi) is 6.34. The van der Waals surface area contributed by atoms with Crippen LogP contribution in [0.1, 0.15) is 16.1 Å². The van der Waals surface area contributed by atoms with Crippen LogP contribution in [-0.2, 0) is 4.79 Å². The van der Waals surface area contributed by atoms with Crippen molar-refractivity contribution in [1.29, 1.82) is 0 Å². The van der Waals surface area contributed by atoms with Gasteiger partial charge in [0.2, 0.25) is 5.91 Å². The minimum atomic E-state index is -0.130. The number of halogens is 1. The summed E-state index contributed by atoms with van der Waals surface area (Å²) in [6.07, 6.45) is 0. The van der Waals surface area contributed by atoms with Crippen LogP contribution < -0.4 is 5.32 Å². The Labute approximate surface area is 185 Å². The number of hydrogen-bond donors (Lipinski definition) is 1. The Morgan fingerprint density at radius 3 is 2.42 bits per heavy atom. The van der Waals surface area contributed by atoms with Crippen LogP contribution in [0.5, 0.6) is 0 Å². The van der Waals surface area contributed by atoms with Crippen molar-refractivity contribution in [3.63, 3.8) is 0 Å². The molecular formula is C23H23ClN4O3. The third-order valence-electron chi connectivity index (χ3n) is 5.30. The standard InChI is InChI=1S/C23H23ClN4O3/c1-16-21(22(26-31-16)17-7-3-2-4-8-17)23(30)28-13-11-27(12-14-28)15-20(29)25-19-10-6-5-9-18(19)24/h2-10H,11-15H2,1H3,(H,25,29). The third-order valence-corrected chi connectivity index (χ3v) is 5.63. The van der Waals surface area contributed by atoms with Gasteiger partial charge < -0.3 is 14.7 Å². The van der Waals surface area contributed by atoms with Crippen molar-refractivity contribution in [2.24, 2.45) is 0 Å². The molecular weight excluding hydrogens is 416 g/mol. The largest absolute Gasteiger partial charge is 0.360 e. The van der Waals surface area contributed by atoms with E-state index < -0.39 is 0 Å². The molecule has 1 fully saturated rings. The molecule has 8 heteroatoms. The molecule has 0 atom stereocenters. The summed E-state index contributed by atoms with van der Waals surface area (Å²) in [5.74, 6) is 0.275. The molecule has 1 saturated heterocycles. The number of anilines is 1. The molecule has 0 spiro atoms. The van der Waals surface area contributed by atoms with Crippen molar-refractivity contribution in [3.8, 4) is 11.3 Å². The lowest BCUT2D eigenvalue weighted by atomic mass is 10.0. The molecule has 1 N–H and O–H groups in total. The first kappa shape index (κ1) is 21.1. The SMILES string of the molecule is Cc1onc(-c2ccccc2)c1C(=O)N1CCN(CC(=O)Nc2ccccc2Cl)CC1. The van der Waals surface area contributed by atoms with Gasteiger partial charge in [0.1, 0.15) is 17.0 Å². The molecule has 3 aromatic rings. The second-order valence-electron chi connectivity index (χ2n) is 7.42. The number of amides is 2. The Bertz CT molecular complexity index is 1080. The lowest BCUT2D eigenvalue weighted by molar-refractivity contribution is -0.117. The molecule has 0 bridgehead atoms. The fourth-order valence-electron chi connectivity index (χ4n) is 3.64. The van der Waals surface area contributed by atoms with Gasteiger partial charge in [0.15, 0.2) is 0 Å². The van der Waals surface area contributed by atoms with Crippen molar-refractivity contribution in [2.45, 2.75) is 6.92 Å². The van der Waals surface area contributed by atoms with Gasteiger partial charge in [-0.15, -0.1) is 0 Å². The van der Waals surface area contributed by atoms with E-state index in [2.05, 4.69) is 10.5 Å². The highest BCUT2D eigenvalue weighted by Gasteiger charge is 2.29. The number of nitrogens with zero attached hydrogens (tertiary/aromatic N) is 3. The summed E-state index contributed by atoms with van der Waals surface area (Å²) in [6, 6.07) is 16.7. The number of hydrogen-bond acceptors (Lipinski definition) is 5. The molecule has 160 valence electrons. The smallest absolute Gasteiger partial charge is 0.259 e. The number of benzene rings is 2. The lowest BCUT2D eigenvalue weighted by Crippen LogP contribution is -2.50. The maximum atomic E-state index is 13.2. The van der Waals surface area contributed by atoms with E-state index in [1.54, 1.807) is 24.0 Å². The Hall–Kier alpha value is -3.16. The summed E-state index contributed by atoms with van der Waals surface area (Å²) in [7, 11) is 0. The minimum Gasteiger partial charge on any atom is -0.360 e. The third kappa shape index (κ3) is 4.78. The average molecular weight is 439 g/mol. The molecule has 0 unspecified atom stereocenters.